The molecule has 0 radical (unpaired) electrons. The molecule has 0 aliphatic carbocycles. The van der Waals surface area contributed by atoms with Gasteiger partial charge in [0.1, 0.15) is 23.0 Å². The number of fused-ring (bicyclic) bond motifs is 1. The van der Waals surface area contributed by atoms with Crippen LogP contribution in [0.3, 0.4) is 0 Å². The van der Waals surface area contributed by atoms with E-state index >= 15 is 0 Å². The van der Waals surface area contributed by atoms with Crippen LogP contribution in [0.15, 0.2) is 66.7 Å². The molecular formula is C28H29ClN2O6. The fourth-order valence-electron chi connectivity index (χ4n) is 3.79. The van der Waals surface area contributed by atoms with Gasteiger partial charge in [0.05, 0.1) is 26.0 Å². The largest absolute Gasteiger partial charge is 0.497 e. The van der Waals surface area contributed by atoms with E-state index in [1.54, 1.807) is 54.5 Å². The lowest BCUT2D eigenvalue weighted by Crippen LogP contribution is -2.39. The number of nitrogens with zero attached hydrogens (tertiary/aromatic N) is 1. The smallest absolute Gasteiger partial charge is 0.265 e. The lowest BCUT2D eigenvalue weighted by molar-refractivity contribution is -0.121. The number of nitrogens with one attached hydrogen (secondary N) is 1. The Morgan fingerprint density at radius 1 is 0.946 bits per heavy atom. The van der Waals surface area contributed by atoms with Crippen molar-refractivity contribution < 1.29 is 28.5 Å². The fourth-order valence-corrected chi connectivity index (χ4v) is 3.91. The second-order valence-electron chi connectivity index (χ2n) is 8.35. The maximum Gasteiger partial charge on any atom is 0.265 e. The third kappa shape index (κ3) is 7.54. The minimum Gasteiger partial charge on any atom is -0.497 e. The predicted molar refractivity (Wildman–Crippen MR) is 142 cm³/mol. The molecule has 0 aromatic heterocycles. The summed E-state index contributed by atoms with van der Waals surface area (Å²) in [6.45, 7) is 1.29. The summed E-state index contributed by atoms with van der Waals surface area (Å²) < 4.78 is 22.1. The number of benzene rings is 3. The van der Waals surface area contributed by atoms with Crippen LogP contribution < -0.4 is 29.2 Å². The molecule has 3 aromatic rings. The maximum absolute atomic E-state index is 12.6. The highest BCUT2D eigenvalue weighted by Gasteiger charge is 2.25. The van der Waals surface area contributed by atoms with E-state index in [1.807, 2.05) is 24.3 Å². The molecule has 9 heteroatoms. The van der Waals surface area contributed by atoms with E-state index in [0.717, 1.165) is 17.2 Å². The minimum absolute atomic E-state index is 0.0229. The van der Waals surface area contributed by atoms with E-state index in [-0.39, 0.29) is 18.4 Å². The molecular weight excluding hydrogens is 496 g/mol. The standard InChI is InChI=1S/C28H29ClN2O6/c1-34-22-10-12-24(13-11-22)35-16-2-4-27(32)30-21-7-14-26-25(18-21)31(28(33)19-37-26)15-3-17-36-23-8-5-20(29)6-9-23/h5-14,18H,2-4,15-17,19H2,1H3,(H,30,32). The van der Waals surface area contributed by atoms with E-state index in [1.165, 1.54) is 0 Å². The number of carbonyl (C=O) groups excluding carboxylic acids is 2. The van der Waals surface area contributed by atoms with Crippen molar-refractivity contribution in [1.82, 2.24) is 0 Å². The fraction of sp³-hybridized carbons (Fsp3) is 0.286. The maximum atomic E-state index is 12.6. The third-order valence-electron chi connectivity index (χ3n) is 5.67. The van der Waals surface area contributed by atoms with Crippen LogP contribution in [0, 0.1) is 0 Å². The lowest BCUT2D eigenvalue weighted by atomic mass is 10.2. The molecule has 1 aliphatic heterocycles. The number of ether oxygens (including phenoxy) is 4. The summed E-state index contributed by atoms with van der Waals surface area (Å²) in [7, 11) is 1.61. The molecule has 3 aromatic carbocycles. The summed E-state index contributed by atoms with van der Waals surface area (Å²) in [5, 5.41) is 3.54. The van der Waals surface area contributed by atoms with Crippen LogP contribution >= 0.6 is 11.6 Å². The zero-order valence-corrected chi connectivity index (χ0v) is 21.3. The van der Waals surface area contributed by atoms with E-state index < -0.39 is 0 Å². The van der Waals surface area contributed by atoms with Gasteiger partial charge < -0.3 is 29.2 Å². The minimum atomic E-state index is -0.141. The van der Waals surface area contributed by atoms with E-state index in [4.69, 9.17) is 30.5 Å². The molecule has 0 fully saturated rings. The second kappa shape index (κ2) is 12.9. The van der Waals surface area contributed by atoms with Crippen molar-refractivity contribution >= 4 is 34.8 Å². The zero-order chi connectivity index (χ0) is 26.0. The summed E-state index contributed by atoms with van der Waals surface area (Å²) in [6.07, 6.45) is 1.48. The Hall–Kier alpha value is -3.91. The first kappa shape index (κ1) is 26.2. The molecule has 1 N–H and O–H groups in total. The first-order valence-electron chi connectivity index (χ1n) is 12.0. The molecule has 0 spiro atoms. The number of carbonyl (C=O) groups is 2. The molecule has 8 nitrogen and oxygen atoms in total. The molecule has 37 heavy (non-hydrogen) atoms. The van der Waals surface area contributed by atoms with E-state index in [9.17, 15) is 9.59 Å². The van der Waals surface area contributed by atoms with Crippen molar-refractivity contribution in [1.29, 1.82) is 0 Å². The Kier molecular flexibility index (Phi) is 9.10. The van der Waals surface area contributed by atoms with Crippen molar-refractivity contribution in [3.05, 3.63) is 71.8 Å². The Morgan fingerprint density at radius 2 is 1.59 bits per heavy atom. The van der Waals surface area contributed by atoms with Gasteiger partial charge in [-0.25, -0.2) is 0 Å². The molecule has 1 heterocycles. The number of hydrogen-bond donors (Lipinski definition) is 1. The molecule has 1 aliphatic rings. The van der Waals surface area contributed by atoms with Crippen LogP contribution in [-0.2, 0) is 9.59 Å². The first-order valence-corrected chi connectivity index (χ1v) is 12.4. The highest BCUT2D eigenvalue weighted by atomic mass is 35.5. The molecule has 0 atom stereocenters. The number of amides is 2. The van der Waals surface area contributed by atoms with Gasteiger partial charge in [-0.1, -0.05) is 11.6 Å². The normalized spacial score (nSPS) is 12.4. The van der Waals surface area contributed by atoms with E-state index in [0.29, 0.717) is 61.2 Å². The van der Waals surface area contributed by atoms with Gasteiger partial charge in [-0.15, -0.1) is 0 Å². The molecule has 0 bridgehead atoms. The molecule has 4 rings (SSSR count). The molecule has 0 saturated heterocycles. The zero-order valence-electron chi connectivity index (χ0n) is 20.6. The topological polar surface area (TPSA) is 86.3 Å². The second-order valence-corrected chi connectivity index (χ2v) is 8.78. The van der Waals surface area contributed by atoms with Gasteiger partial charge in [0.2, 0.25) is 5.91 Å². The quantitative estimate of drug-likeness (QED) is 0.322. The lowest BCUT2D eigenvalue weighted by Gasteiger charge is -2.30. The summed E-state index contributed by atoms with van der Waals surface area (Å²) >= 11 is 5.90. The SMILES string of the molecule is COc1ccc(OCCCC(=O)Nc2ccc3c(c2)N(CCCOc2ccc(Cl)cc2)C(=O)CO3)cc1. The number of hydrogen-bond acceptors (Lipinski definition) is 6. The van der Waals surface area contributed by atoms with Gasteiger partial charge in [-0.3, -0.25) is 9.59 Å². The van der Waals surface area contributed by atoms with Gasteiger partial charge in [-0.05, 0) is 79.6 Å². The van der Waals surface area contributed by atoms with Crippen molar-refractivity contribution in [3.63, 3.8) is 0 Å². The van der Waals surface area contributed by atoms with Gasteiger partial charge in [0, 0.05) is 23.7 Å². The Balaban J connectivity index is 1.25. The van der Waals surface area contributed by atoms with Gasteiger partial charge >= 0.3 is 0 Å². The molecule has 0 unspecified atom stereocenters. The third-order valence-corrected chi connectivity index (χ3v) is 5.92. The summed E-state index contributed by atoms with van der Waals surface area (Å²) in [5.41, 5.74) is 1.23. The summed E-state index contributed by atoms with van der Waals surface area (Å²) in [5.74, 6) is 2.52. The van der Waals surface area contributed by atoms with Crippen molar-refractivity contribution in [3.8, 4) is 23.0 Å². The van der Waals surface area contributed by atoms with Gasteiger partial charge in [0.15, 0.2) is 6.61 Å². The number of rotatable bonds is 12. The van der Waals surface area contributed by atoms with Crippen LogP contribution in [0.25, 0.3) is 0 Å². The van der Waals surface area contributed by atoms with Crippen LogP contribution in [0.2, 0.25) is 5.02 Å². The first-order chi connectivity index (χ1) is 18.0. The van der Waals surface area contributed by atoms with Crippen LogP contribution in [0.1, 0.15) is 19.3 Å². The summed E-state index contributed by atoms with van der Waals surface area (Å²) in [6, 6.07) is 19.7. The van der Waals surface area contributed by atoms with Crippen LogP contribution in [0.4, 0.5) is 11.4 Å². The van der Waals surface area contributed by atoms with Crippen molar-refractivity contribution in [2.45, 2.75) is 19.3 Å². The molecule has 0 saturated carbocycles. The Bertz CT molecular complexity index is 1200. The predicted octanol–water partition coefficient (Wildman–Crippen LogP) is 5.34. The van der Waals surface area contributed by atoms with Crippen LogP contribution in [-0.4, -0.2) is 45.3 Å². The molecule has 194 valence electrons. The van der Waals surface area contributed by atoms with Gasteiger partial charge in [0.25, 0.3) is 5.91 Å². The van der Waals surface area contributed by atoms with E-state index in [2.05, 4.69) is 5.32 Å². The van der Waals surface area contributed by atoms with Crippen LogP contribution in [0.5, 0.6) is 23.0 Å². The average molecular weight is 525 g/mol. The number of anilines is 2. The summed E-state index contributed by atoms with van der Waals surface area (Å²) in [4.78, 5) is 26.7. The van der Waals surface area contributed by atoms with Gasteiger partial charge in [-0.2, -0.15) is 0 Å². The average Bonchev–Trinajstić information content (AvgIpc) is 2.91. The Labute approximate surface area is 221 Å². The molecule has 2 amide bonds. The Morgan fingerprint density at radius 3 is 2.30 bits per heavy atom. The number of halogens is 1. The highest BCUT2D eigenvalue weighted by molar-refractivity contribution is 6.30. The number of methoxy groups -OCH3 is 1. The van der Waals surface area contributed by atoms with Crippen molar-refractivity contribution in [2.75, 3.05) is 43.7 Å². The highest BCUT2D eigenvalue weighted by Crippen LogP contribution is 2.34. The monoisotopic (exact) mass is 524 g/mol. The van der Waals surface area contributed by atoms with Crippen molar-refractivity contribution in [2.24, 2.45) is 0 Å².